The Kier molecular flexibility index (Phi) is 5.78. The number of hydrogen-bond donors (Lipinski definition) is 1. The fourth-order valence-corrected chi connectivity index (χ4v) is 2.35. The standard InChI is InChI=1S/C17H18ClFN2O/c1-2-21(16-8-4-7-15(19)10-16)12-17(22)20-11-13-5-3-6-14(18)9-13/h3-10H,2,11-12H2,1H3,(H,20,22). The molecule has 2 aromatic rings. The molecule has 22 heavy (non-hydrogen) atoms. The lowest BCUT2D eigenvalue weighted by Crippen LogP contribution is -2.37. The first-order valence-corrected chi connectivity index (χ1v) is 7.48. The van der Waals surface area contributed by atoms with Crippen molar-refractivity contribution >= 4 is 23.2 Å². The number of nitrogens with zero attached hydrogens (tertiary/aromatic N) is 1. The minimum Gasteiger partial charge on any atom is -0.362 e. The topological polar surface area (TPSA) is 32.3 Å². The van der Waals surface area contributed by atoms with Crippen LogP contribution in [-0.4, -0.2) is 19.0 Å². The van der Waals surface area contributed by atoms with Crippen LogP contribution >= 0.6 is 11.6 Å². The molecule has 116 valence electrons. The molecule has 0 radical (unpaired) electrons. The van der Waals surface area contributed by atoms with Gasteiger partial charge in [0.1, 0.15) is 5.82 Å². The molecule has 0 saturated heterocycles. The highest BCUT2D eigenvalue weighted by Gasteiger charge is 2.10. The average Bonchev–Trinajstić information content (AvgIpc) is 2.50. The summed E-state index contributed by atoms with van der Waals surface area (Å²) < 4.78 is 13.3. The van der Waals surface area contributed by atoms with E-state index in [9.17, 15) is 9.18 Å². The van der Waals surface area contributed by atoms with E-state index in [4.69, 9.17) is 11.6 Å². The zero-order valence-corrected chi connectivity index (χ0v) is 13.1. The molecular weight excluding hydrogens is 303 g/mol. The number of halogens is 2. The van der Waals surface area contributed by atoms with Crippen LogP contribution in [0.25, 0.3) is 0 Å². The summed E-state index contributed by atoms with van der Waals surface area (Å²) in [5.74, 6) is -0.429. The van der Waals surface area contributed by atoms with Crippen molar-refractivity contribution in [2.75, 3.05) is 18.0 Å². The summed E-state index contributed by atoms with van der Waals surface area (Å²) in [6.07, 6.45) is 0. The van der Waals surface area contributed by atoms with Gasteiger partial charge in [0.25, 0.3) is 0 Å². The van der Waals surface area contributed by atoms with Crippen molar-refractivity contribution in [3.8, 4) is 0 Å². The lowest BCUT2D eigenvalue weighted by Gasteiger charge is -2.22. The van der Waals surface area contributed by atoms with Crippen molar-refractivity contribution in [2.24, 2.45) is 0 Å². The molecule has 2 rings (SSSR count). The summed E-state index contributed by atoms with van der Waals surface area (Å²) in [4.78, 5) is 13.9. The molecule has 1 amide bonds. The predicted molar refractivity (Wildman–Crippen MR) is 87.6 cm³/mol. The third kappa shape index (κ3) is 4.74. The molecule has 5 heteroatoms. The van der Waals surface area contributed by atoms with Crippen LogP contribution in [0.5, 0.6) is 0 Å². The van der Waals surface area contributed by atoms with Crippen LogP contribution in [-0.2, 0) is 11.3 Å². The molecule has 0 aromatic heterocycles. The van der Waals surface area contributed by atoms with Crippen molar-refractivity contribution in [2.45, 2.75) is 13.5 Å². The summed E-state index contributed by atoms with van der Waals surface area (Å²) in [5, 5.41) is 3.48. The molecule has 2 aromatic carbocycles. The summed E-state index contributed by atoms with van der Waals surface area (Å²) in [7, 11) is 0. The minimum absolute atomic E-state index is 0.119. The van der Waals surface area contributed by atoms with Crippen molar-refractivity contribution in [3.05, 3.63) is 64.9 Å². The van der Waals surface area contributed by atoms with Crippen molar-refractivity contribution < 1.29 is 9.18 Å². The monoisotopic (exact) mass is 320 g/mol. The normalized spacial score (nSPS) is 10.3. The van der Waals surface area contributed by atoms with E-state index in [1.165, 1.54) is 12.1 Å². The lowest BCUT2D eigenvalue weighted by molar-refractivity contribution is -0.119. The number of amides is 1. The van der Waals surface area contributed by atoms with Gasteiger partial charge in [-0.05, 0) is 42.8 Å². The smallest absolute Gasteiger partial charge is 0.239 e. The second kappa shape index (κ2) is 7.80. The molecule has 0 atom stereocenters. The molecule has 1 N–H and O–H groups in total. The van der Waals surface area contributed by atoms with E-state index in [0.29, 0.717) is 23.8 Å². The summed E-state index contributed by atoms with van der Waals surface area (Å²) in [5.41, 5.74) is 1.63. The van der Waals surface area contributed by atoms with Gasteiger partial charge in [-0.2, -0.15) is 0 Å². The zero-order valence-electron chi connectivity index (χ0n) is 12.4. The van der Waals surface area contributed by atoms with E-state index < -0.39 is 0 Å². The lowest BCUT2D eigenvalue weighted by atomic mass is 10.2. The summed E-state index contributed by atoms with van der Waals surface area (Å²) >= 11 is 5.91. The maximum absolute atomic E-state index is 13.3. The van der Waals surface area contributed by atoms with Gasteiger partial charge in [-0.3, -0.25) is 4.79 Å². The molecule has 0 fully saturated rings. The number of carbonyl (C=O) groups is 1. The number of rotatable bonds is 6. The van der Waals surface area contributed by atoms with Crippen LogP contribution in [0, 0.1) is 5.82 Å². The van der Waals surface area contributed by atoms with Gasteiger partial charge in [-0.15, -0.1) is 0 Å². The van der Waals surface area contributed by atoms with E-state index in [1.54, 1.807) is 18.2 Å². The maximum Gasteiger partial charge on any atom is 0.239 e. The average molecular weight is 321 g/mol. The van der Waals surface area contributed by atoms with Gasteiger partial charge in [0.2, 0.25) is 5.91 Å². The minimum atomic E-state index is -0.310. The molecule has 0 heterocycles. The molecule has 0 bridgehead atoms. The molecule has 0 unspecified atom stereocenters. The highest BCUT2D eigenvalue weighted by Crippen LogP contribution is 2.15. The van der Waals surface area contributed by atoms with Gasteiger partial charge in [0, 0.05) is 23.8 Å². The fraction of sp³-hybridized carbons (Fsp3) is 0.235. The van der Waals surface area contributed by atoms with Crippen molar-refractivity contribution in [1.29, 1.82) is 0 Å². The van der Waals surface area contributed by atoms with E-state index >= 15 is 0 Å². The molecule has 0 aliphatic heterocycles. The molecule has 0 aliphatic rings. The van der Waals surface area contributed by atoms with Gasteiger partial charge in [-0.1, -0.05) is 29.8 Å². The number of hydrogen-bond acceptors (Lipinski definition) is 2. The first-order valence-electron chi connectivity index (χ1n) is 7.10. The van der Waals surface area contributed by atoms with Crippen LogP contribution < -0.4 is 10.2 Å². The van der Waals surface area contributed by atoms with Gasteiger partial charge >= 0.3 is 0 Å². The maximum atomic E-state index is 13.3. The molecule has 0 spiro atoms. The summed E-state index contributed by atoms with van der Waals surface area (Å²) in [6, 6.07) is 13.6. The van der Waals surface area contributed by atoms with Gasteiger partial charge in [0.15, 0.2) is 0 Å². The largest absolute Gasteiger partial charge is 0.362 e. The number of nitrogens with one attached hydrogen (secondary N) is 1. The van der Waals surface area contributed by atoms with Gasteiger partial charge in [0.05, 0.1) is 6.54 Å². The third-order valence-corrected chi connectivity index (χ3v) is 3.50. The van der Waals surface area contributed by atoms with Crippen LogP contribution in [0.3, 0.4) is 0 Å². The number of benzene rings is 2. The Hall–Kier alpha value is -2.07. The zero-order chi connectivity index (χ0) is 15.9. The Bertz CT molecular complexity index is 648. The third-order valence-electron chi connectivity index (χ3n) is 3.27. The highest BCUT2D eigenvalue weighted by atomic mass is 35.5. The van der Waals surface area contributed by atoms with Crippen LogP contribution in [0.4, 0.5) is 10.1 Å². The Morgan fingerprint density at radius 3 is 2.68 bits per heavy atom. The first-order chi connectivity index (χ1) is 10.6. The van der Waals surface area contributed by atoms with Gasteiger partial charge < -0.3 is 10.2 Å². The summed E-state index contributed by atoms with van der Waals surface area (Å²) in [6.45, 7) is 3.14. The SMILES string of the molecule is CCN(CC(=O)NCc1cccc(Cl)c1)c1cccc(F)c1. The molecule has 0 aliphatic carbocycles. The van der Waals surface area contributed by atoms with Crippen LogP contribution in [0.15, 0.2) is 48.5 Å². The van der Waals surface area contributed by atoms with E-state index in [0.717, 1.165) is 5.56 Å². The highest BCUT2D eigenvalue weighted by molar-refractivity contribution is 6.30. The van der Waals surface area contributed by atoms with Crippen LogP contribution in [0.2, 0.25) is 5.02 Å². The number of anilines is 1. The quantitative estimate of drug-likeness (QED) is 0.881. The Balaban J connectivity index is 1.92. The Morgan fingerprint density at radius 2 is 2.00 bits per heavy atom. The number of carbonyl (C=O) groups excluding carboxylic acids is 1. The van der Waals surface area contributed by atoms with E-state index in [-0.39, 0.29) is 18.3 Å². The Labute approximate surface area is 134 Å². The van der Waals surface area contributed by atoms with Gasteiger partial charge in [-0.25, -0.2) is 4.39 Å². The van der Waals surface area contributed by atoms with E-state index in [2.05, 4.69) is 5.32 Å². The van der Waals surface area contributed by atoms with E-state index in [1.807, 2.05) is 30.0 Å². The van der Waals surface area contributed by atoms with Crippen molar-refractivity contribution in [1.82, 2.24) is 5.32 Å². The molecular formula is C17H18ClFN2O. The first kappa shape index (κ1) is 16.3. The number of likely N-dealkylation sites (N-methyl/N-ethyl adjacent to an activating group) is 1. The second-order valence-electron chi connectivity index (χ2n) is 4.90. The molecule has 0 saturated carbocycles. The van der Waals surface area contributed by atoms with Crippen LogP contribution in [0.1, 0.15) is 12.5 Å². The predicted octanol–water partition coefficient (Wildman–Crippen LogP) is 3.62. The Morgan fingerprint density at radius 1 is 1.23 bits per heavy atom. The second-order valence-corrected chi connectivity index (χ2v) is 5.34. The van der Waals surface area contributed by atoms with Crippen molar-refractivity contribution in [3.63, 3.8) is 0 Å². The fourth-order valence-electron chi connectivity index (χ4n) is 2.14. The molecule has 3 nitrogen and oxygen atoms in total.